The highest BCUT2D eigenvalue weighted by Gasteiger charge is 2.20. The second-order valence-corrected chi connectivity index (χ2v) is 5.56. The van der Waals surface area contributed by atoms with Gasteiger partial charge in [-0.3, -0.25) is 9.59 Å². The molecule has 0 aliphatic heterocycles. The molecule has 0 radical (unpaired) electrons. The Morgan fingerprint density at radius 1 is 0.952 bits per heavy atom. The normalized spacial score (nSPS) is 14.0. The average Bonchev–Trinajstić information content (AvgIpc) is 2.51. The number of carbonyl (C=O) groups is 1. The lowest BCUT2D eigenvalue weighted by Gasteiger charge is -2.20. The molecular weight excluding hydrogens is 262 g/mol. The standard InChI is InChI=1S/C18H19NO2/c1-2-13-6-8-14(9-7-13)12-19-16-4-3-5-17(20)15(16)10-11-18(19)21/h6-11H,2-5,12H2,1H3. The molecule has 1 aromatic heterocycles. The minimum Gasteiger partial charge on any atom is -0.308 e. The monoisotopic (exact) mass is 281 g/mol. The van der Waals surface area contributed by atoms with Gasteiger partial charge in [0.15, 0.2) is 5.78 Å². The van der Waals surface area contributed by atoms with Crippen molar-refractivity contribution < 1.29 is 4.79 Å². The smallest absolute Gasteiger partial charge is 0.251 e. The van der Waals surface area contributed by atoms with E-state index in [-0.39, 0.29) is 11.3 Å². The van der Waals surface area contributed by atoms with Gasteiger partial charge < -0.3 is 4.57 Å². The van der Waals surface area contributed by atoms with E-state index in [2.05, 4.69) is 31.2 Å². The number of benzene rings is 1. The number of aromatic nitrogens is 1. The van der Waals surface area contributed by atoms with Crippen molar-refractivity contribution in [3.63, 3.8) is 0 Å². The highest BCUT2D eigenvalue weighted by molar-refractivity contribution is 5.97. The molecule has 0 saturated heterocycles. The van der Waals surface area contributed by atoms with E-state index in [1.807, 2.05) is 0 Å². The van der Waals surface area contributed by atoms with Gasteiger partial charge in [-0.1, -0.05) is 31.2 Å². The molecule has 1 aliphatic rings. The van der Waals surface area contributed by atoms with E-state index in [9.17, 15) is 9.59 Å². The Morgan fingerprint density at radius 2 is 1.67 bits per heavy atom. The summed E-state index contributed by atoms with van der Waals surface area (Å²) in [4.78, 5) is 24.1. The van der Waals surface area contributed by atoms with Crippen molar-refractivity contribution in [2.45, 2.75) is 39.2 Å². The first kappa shape index (κ1) is 13.8. The molecule has 3 heteroatoms. The summed E-state index contributed by atoms with van der Waals surface area (Å²) < 4.78 is 1.76. The number of hydrogen-bond acceptors (Lipinski definition) is 2. The summed E-state index contributed by atoms with van der Waals surface area (Å²) in [6, 6.07) is 11.5. The molecule has 3 nitrogen and oxygen atoms in total. The molecule has 0 amide bonds. The summed E-state index contributed by atoms with van der Waals surface area (Å²) in [5.41, 5.74) is 3.99. The second kappa shape index (κ2) is 5.68. The van der Waals surface area contributed by atoms with E-state index >= 15 is 0 Å². The van der Waals surface area contributed by atoms with Gasteiger partial charge in [-0.05, 0) is 36.5 Å². The molecule has 0 N–H and O–H groups in total. The number of aryl methyl sites for hydroxylation is 1. The molecule has 1 heterocycles. The van der Waals surface area contributed by atoms with Crippen LogP contribution >= 0.6 is 0 Å². The quantitative estimate of drug-likeness (QED) is 0.867. The number of ketones is 1. The maximum absolute atomic E-state index is 12.2. The Bertz CT molecular complexity index is 726. The summed E-state index contributed by atoms with van der Waals surface area (Å²) in [5, 5.41) is 0. The number of pyridine rings is 1. The molecule has 0 saturated carbocycles. The van der Waals surface area contributed by atoms with Crippen LogP contribution in [-0.2, 0) is 19.4 Å². The molecule has 0 atom stereocenters. The van der Waals surface area contributed by atoms with E-state index in [4.69, 9.17) is 0 Å². The van der Waals surface area contributed by atoms with Crippen molar-refractivity contribution in [1.29, 1.82) is 0 Å². The molecule has 2 aromatic rings. The van der Waals surface area contributed by atoms with E-state index < -0.39 is 0 Å². The fourth-order valence-corrected chi connectivity index (χ4v) is 2.93. The summed E-state index contributed by atoms with van der Waals surface area (Å²) >= 11 is 0. The fourth-order valence-electron chi connectivity index (χ4n) is 2.93. The highest BCUT2D eigenvalue weighted by Crippen LogP contribution is 2.20. The lowest BCUT2D eigenvalue weighted by Crippen LogP contribution is -2.28. The molecule has 1 aromatic carbocycles. The van der Waals surface area contributed by atoms with Crippen LogP contribution in [0.2, 0.25) is 0 Å². The SMILES string of the molecule is CCc1ccc(Cn2c3c(ccc2=O)C(=O)CCC3)cc1. The Kier molecular flexibility index (Phi) is 3.74. The van der Waals surface area contributed by atoms with Crippen LogP contribution in [-0.4, -0.2) is 10.4 Å². The van der Waals surface area contributed by atoms with Gasteiger partial charge in [-0.25, -0.2) is 0 Å². The number of Topliss-reactive ketones (excluding diaryl/α,β-unsaturated/α-hetero) is 1. The summed E-state index contributed by atoms with van der Waals surface area (Å²) in [5.74, 6) is 0.159. The third-order valence-electron chi connectivity index (χ3n) is 4.19. The van der Waals surface area contributed by atoms with Crippen molar-refractivity contribution in [1.82, 2.24) is 4.57 Å². The van der Waals surface area contributed by atoms with Crippen LogP contribution in [0.1, 0.15) is 46.9 Å². The summed E-state index contributed by atoms with van der Waals surface area (Å²) in [6.07, 6.45) is 3.25. The summed E-state index contributed by atoms with van der Waals surface area (Å²) in [6.45, 7) is 2.66. The van der Waals surface area contributed by atoms with E-state index in [1.165, 1.54) is 11.6 Å². The fraction of sp³-hybridized carbons (Fsp3) is 0.333. The van der Waals surface area contributed by atoms with E-state index in [0.29, 0.717) is 13.0 Å². The zero-order valence-electron chi connectivity index (χ0n) is 12.3. The van der Waals surface area contributed by atoms with E-state index in [0.717, 1.165) is 36.1 Å². The first-order valence-electron chi connectivity index (χ1n) is 7.53. The number of fused-ring (bicyclic) bond motifs is 1. The molecule has 0 spiro atoms. The van der Waals surface area contributed by atoms with Crippen LogP contribution in [0.4, 0.5) is 0 Å². The van der Waals surface area contributed by atoms with Gasteiger partial charge in [0.05, 0.1) is 6.54 Å². The molecule has 0 bridgehead atoms. The van der Waals surface area contributed by atoms with Crippen LogP contribution in [0.15, 0.2) is 41.2 Å². The maximum atomic E-state index is 12.2. The molecular formula is C18H19NO2. The summed E-state index contributed by atoms with van der Waals surface area (Å²) in [7, 11) is 0. The van der Waals surface area contributed by atoms with Crippen molar-refractivity contribution in [3.05, 3.63) is 69.1 Å². The van der Waals surface area contributed by atoms with Gasteiger partial charge in [0.2, 0.25) is 0 Å². The molecule has 3 rings (SSSR count). The highest BCUT2D eigenvalue weighted by atomic mass is 16.1. The predicted molar refractivity (Wildman–Crippen MR) is 82.9 cm³/mol. The first-order valence-corrected chi connectivity index (χ1v) is 7.53. The third-order valence-corrected chi connectivity index (χ3v) is 4.19. The van der Waals surface area contributed by atoms with Crippen LogP contribution in [0.5, 0.6) is 0 Å². The Hall–Kier alpha value is -2.16. The first-order chi connectivity index (χ1) is 10.2. The topological polar surface area (TPSA) is 39.1 Å². The molecule has 108 valence electrons. The molecule has 0 unspecified atom stereocenters. The third kappa shape index (κ3) is 2.68. The Labute approximate surface area is 124 Å². The van der Waals surface area contributed by atoms with Crippen molar-refractivity contribution in [3.8, 4) is 0 Å². The number of hydrogen-bond donors (Lipinski definition) is 0. The second-order valence-electron chi connectivity index (χ2n) is 5.56. The van der Waals surface area contributed by atoms with Gasteiger partial charge in [0, 0.05) is 23.7 Å². The van der Waals surface area contributed by atoms with Crippen LogP contribution in [0.25, 0.3) is 0 Å². The van der Waals surface area contributed by atoms with Crippen LogP contribution in [0.3, 0.4) is 0 Å². The van der Waals surface area contributed by atoms with Gasteiger partial charge >= 0.3 is 0 Å². The van der Waals surface area contributed by atoms with Gasteiger partial charge in [-0.15, -0.1) is 0 Å². The van der Waals surface area contributed by atoms with Crippen LogP contribution in [0, 0.1) is 0 Å². The largest absolute Gasteiger partial charge is 0.308 e. The zero-order chi connectivity index (χ0) is 14.8. The number of carbonyl (C=O) groups excluding carboxylic acids is 1. The van der Waals surface area contributed by atoms with Gasteiger partial charge in [0.1, 0.15) is 0 Å². The van der Waals surface area contributed by atoms with Gasteiger partial charge in [-0.2, -0.15) is 0 Å². The molecule has 21 heavy (non-hydrogen) atoms. The lowest BCUT2D eigenvalue weighted by molar-refractivity contribution is 0.0970. The molecule has 1 aliphatic carbocycles. The minimum atomic E-state index is -0.0250. The zero-order valence-corrected chi connectivity index (χ0v) is 12.3. The molecule has 0 fully saturated rings. The minimum absolute atomic E-state index is 0.0250. The number of nitrogens with zero attached hydrogens (tertiary/aromatic N) is 1. The predicted octanol–water partition coefficient (Wildman–Crippen LogP) is 2.98. The van der Waals surface area contributed by atoms with Crippen molar-refractivity contribution in [2.24, 2.45) is 0 Å². The average molecular weight is 281 g/mol. The van der Waals surface area contributed by atoms with Crippen molar-refractivity contribution >= 4 is 5.78 Å². The van der Waals surface area contributed by atoms with E-state index in [1.54, 1.807) is 10.6 Å². The maximum Gasteiger partial charge on any atom is 0.251 e. The van der Waals surface area contributed by atoms with Crippen molar-refractivity contribution in [2.75, 3.05) is 0 Å². The lowest BCUT2D eigenvalue weighted by atomic mass is 9.94. The van der Waals surface area contributed by atoms with Crippen LogP contribution < -0.4 is 5.56 Å². The Morgan fingerprint density at radius 3 is 2.38 bits per heavy atom. The number of rotatable bonds is 3. The van der Waals surface area contributed by atoms with Gasteiger partial charge in [0.25, 0.3) is 5.56 Å². The Balaban J connectivity index is 1.99.